The van der Waals surface area contributed by atoms with Crippen LogP contribution in [-0.2, 0) is 0 Å². The average Bonchev–Trinajstić information content (AvgIpc) is 2.96. The summed E-state index contributed by atoms with van der Waals surface area (Å²) in [5, 5.41) is 17.6. The maximum Gasteiger partial charge on any atom is 0.318 e. The van der Waals surface area contributed by atoms with Gasteiger partial charge in [0, 0.05) is 13.5 Å². The van der Waals surface area contributed by atoms with Crippen molar-refractivity contribution in [1.29, 1.82) is 0 Å². The number of aliphatic hydroxyl groups excluding tert-OH is 1. The van der Waals surface area contributed by atoms with Gasteiger partial charge in [-0.15, -0.1) is 5.10 Å². The fourth-order valence-corrected chi connectivity index (χ4v) is 2.43. The highest BCUT2D eigenvalue weighted by Gasteiger charge is 2.35. The van der Waals surface area contributed by atoms with Gasteiger partial charge in [0.1, 0.15) is 5.82 Å². The minimum Gasteiger partial charge on any atom is -0.408 e. The molecule has 0 amide bonds. The molecule has 0 saturated carbocycles. The van der Waals surface area contributed by atoms with Crippen LogP contribution in [0.3, 0.4) is 0 Å². The minimum atomic E-state index is -0.456. The highest BCUT2D eigenvalue weighted by atomic mass is 19.1. The summed E-state index contributed by atoms with van der Waals surface area (Å²) < 4.78 is 18.4. The van der Waals surface area contributed by atoms with Crippen LogP contribution in [0.4, 0.5) is 10.4 Å². The fraction of sp³-hybridized carbons (Fsp3) is 0.385. The van der Waals surface area contributed by atoms with Gasteiger partial charge in [-0.3, -0.25) is 0 Å². The zero-order valence-electron chi connectivity index (χ0n) is 10.5. The molecule has 2 aromatic rings. The van der Waals surface area contributed by atoms with Crippen LogP contribution >= 0.6 is 0 Å². The van der Waals surface area contributed by atoms with Crippen molar-refractivity contribution in [3.05, 3.63) is 41.5 Å². The van der Waals surface area contributed by atoms with E-state index in [9.17, 15) is 9.50 Å². The molecule has 6 heteroatoms. The van der Waals surface area contributed by atoms with Gasteiger partial charge in [0.05, 0.1) is 12.1 Å². The molecule has 0 bridgehead atoms. The van der Waals surface area contributed by atoms with Crippen molar-refractivity contribution in [2.75, 3.05) is 11.4 Å². The van der Waals surface area contributed by atoms with Gasteiger partial charge in [0.25, 0.3) is 0 Å². The Morgan fingerprint density at radius 1 is 1.32 bits per heavy atom. The van der Waals surface area contributed by atoms with Crippen molar-refractivity contribution < 1.29 is 13.9 Å². The van der Waals surface area contributed by atoms with Gasteiger partial charge in [-0.05, 0) is 24.1 Å². The molecule has 1 aromatic carbocycles. The Morgan fingerprint density at radius 3 is 2.68 bits per heavy atom. The van der Waals surface area contributed by atoms with Gasteiger partial charge in [-0.2, -0.15) is 0 Å². The quantitative estimate of drug-likeness (QED) is 0.895. The molecule has 1 aliphatic rings. The summed E-state index contributed by atoms with van der Waals surface area (Å²) in [7, 11) is 0. The molecule has 1 fully saturated rings. The summed E-state index contributed by atoms with van der Waals surface area (Å²) in [6, 6.07) is 6.58. The summed E-state index contributed by atoms with van der Waals surface area (Å²) >= 11 is 0. The SMILES string of the molecule is Cc1nnc(N2C[C@H](O)C[C@H]2c2ccc(F)cc2)o1. The first-order chi connectivity index (χ1) is 9.13. The van der Waals surface area contributed by atoms with Crippen molar-refractivity contribution >= 4 is 6.01 Å². The normalized spacial score (nSPS) is 23.0. The van der Waals surface area contributed by atoms with E-state index in [1.165, 1.54) is 12.1 Å². The molecule has 1 aliphatic heterocycles. The molecule has 3 rings (SSSR count). The third-order valence-electron chi connectivity index (χ3n) is 3.29. The van der Waals surface area contributed by atoms with Crippen molar-refractivity contribution in [3.8, 4) is 0 Å². The van der Waals surface area contributed by atoms with Gasteiger partial charge in [-0.1, -0.05) is 17.2 Å². The highest BCUT2D eigenvalue weighted by molar-refractivity contribution is 5.36. The molecule has 0 radical (unpaired) electrons. The Hall–Kier alpha value is -1.95. The fourth-order valence-electron chi connectivity index (χ4n) is 2.43. The third kappa shape index (κ3) is 2.31. The largest absolute Gasteiger partial charge is 0.408 e. The van der Waals surface area contributed by atoms with Crippen LogP contribution in [0.5, 0.6) is 0 Å². The molecule has 5 nitrogen and oxygen atoms in total. The number of anilines is 1. The van der Waals surface area contributed by atoms with Crippen molar-refractivity contribution in [2.45, 2.75) is 25.5 Å². The number of benzene rings is 1. The van der Waals surface area contributed by atoms with Crippen molar-refractivity contribution in [2.24, 2.45) is 0 Å². The highest BCUT2D eigenvalue weighted by Crippen LogP contribution is 2.35. The number of hydrogen-bond acceptors (Lipinski definition) is 5. The molecule has 1 N–H and O–H groups in total. The van der Waals surface area contributed by atoms with Gasteiger partial charge in [0.15, 0.2) is 0 Å². The Kier molecular flexibility index (Phi) is 2.94. The van der Waals surface area contributed by atoms with Gasteiger partial charge in [0.2, 0.25) is 5.89 Å². The van der Waals surface area contributed by atoms with E-state index in [0.717, 1.165) is 5.56 Å². The lowest BCUT2D eigenvalue weighted by atomic mass is 10.0. The number of aliphatic hydroxyl groups is 1. The van der Waals surface area contributed by atoms with E-state index >= 15 is 0 Å². The van der Waals surface area contributed by atoms with Crippen LogP contribution < -0.4 is 4.90 Å². The van der Waals surface area contributed by atoms with E-state index in [1.54, 1.807) is 19.1 Å². The number of β-amino-alcohol motifs (C(OH)–C–C–N with tert-alkyl or cyclic N) is 1. The summed E-state index contributed by atoms with van der Waals surface area (Å²) in [6.45, 7) is 2.15. The van der Waals surface area contributed by atoms with Gasteiger partial charge >= 0.3 is 6.01 Å². The van der Waals surface area contributed by atoms with Crippen molar-refractivity contribution in [1.82, 2.24) is 10.2 Å². The van der Waals surface area contributed by atoms with E-state index in [1.807, 2.05) is 4.90 Å². The first-order valence-electron chi connectivity index (χ1n) is 6.14. The van der Waals surface area contributed by atoms with Crippen LogP contribution in [0.15, 0.2) is 28.7 Å². The number of hydrogen-bond donors (Lipinski definition) is 1. The molecule has 2 heterocycles. The van der Waals surface area contributed by atoms with Crippen LogP contribution in [-0.4, -0.2) is 28.0 Å². The first kappa shape index (κ1) is 12.1. The molecule has 1 saturated heterocycles. The minimum absolute atomic E-state index is 0.0737. The lowest BCUT2D eigenvalue weighted by molar-refractivity contribution is 0.194. The second-order valence-electron chi connectivity index (χ2n) is 4.71. The third-order valence-corrected chi connectivity index (χ3v) is 3.29. The molecule has 0 spiro atoms. The monoisotopic (exact) mass is 263 g/mol. The predicted molar refractivity (Wildman–Crippen MR) is 66.1 cm³/mol. The van der Waals surface area contributed by atoms with Crippen LogP contribution in [0.2, 0.25) is 0 Å². The van der Waals surface area contributed by atoms with Crippen LogP contribution in [0.1, 0.15) is 23.9 Å². The number of aryl methyl sites for hydroxylation is 1. The summed E-state index contributed by atoms with van der Waals surface area (Å²) in [5.41, 5.74) is 0.925. The summed E-state index contributed by atoms with van der Waals surface area (Å²) in [4.78, 5) is 1.86. The number of rotatable bonds is 2. The van der Waals surface area contributed by atoms with E-state index < -0.39 is 6.10 Å². The predicted octanol–water partition coefficient (Wildman–Crippen LogP) is 1.83. The van der Waals surface area contributed by atoms with Gasteiger partial charge in [-0.25, -0.2) is 4.39 Å². The first-order valence-corrected chi connectivity index (χ1v) is 6.14. The molecule has 0 unspecified atom stereocenters. The molecular weight excluding hydrogens is 249 g/mol. The van der Waals surface area contributed by atoms with E-state index in [2.05, 4.69) is 10.2 Å². The molecule has 1 aromatic heterocycles. The number of aromatic nitrogens is 2. The maximum absolute atomic E-state index is 13.0. The topological polar surface area (TPSA) is 62.4 Å². The second kappa shape index (κ2) is 4.62. The lowest BCUT2D eigenvalue weighted by Crippen LogP contribution is -2.24. The zero-order chi connectivity index (χ0) is 13.4. The Bertz CT molecular complexity index is 570. The van der Waals surface area contributed by atoms with Gasteiger partial charge < -0.3 is 14.4 Å². The van der Waals surface area contributed by atoms with Crippen LogP contribution in [0, 0.1) is 12.7 Å². The van der Waals surface area contributed by atoms with E-state index in [4.69, 9.17) is 4.42 Å². The van der Waals surface area contributed by atoms with E-state index in [0.29, 0.717) is 24.9 Å². The smallest absolute Gasteiger partial charge is 0.318 e. The Labute approximate surface area is 109 Å². The molecule has 2 atom stereocenters. The number of nitrogens with zero attached hydrogens (tertiary/aromatic N) is 3. The average molecular weight is 263 g/mol. The van der Waals surface area contributed by atoms with Crippen LogP contribution in [0.25, 0.3) is 0 Å². The Morgan fingerprint density at radius 2 is 2.05 bits per heavy atom. The lowest BCUT2D eigenvalue weighted by Gasteiger charge is -2.22. The summed E-state index contributed by atoms with van der Waals surface area (Å²) in [5.74, 6) is 0.205. The molecule has 100 valence electrons. The molecular formula is C13H14FN3O2. The standard InChI is InChI=1S/C13H14FN3O2/c1-8-15-16-13(19-8)17-7-11(18)6-12(17)9-2-4-10(14)5-3-9/h2-5,11-12,18H,6-7H2,1H3/t11-,12+/m1/s1. The summed E-state index contributed by atoms with van der Waals surface area (Å²) in [6.07, 6.45) is 0.106. The maximum atomic E-state index is 13.0. The molecule has 19 heavy (non-hydrogen) atoms. The second-order valence-corrected chi connectivity index (χ2v) is 4.71. The van der Waals surface area contributed by atoms with E-state index in [-0.39, 0.29) is 11.9 Å². The number of halogens is 1. The van der Waals surface area contributed by atoms with Crippen molar-refractivity contribution in [3.63, 3.8) is 0 Å². The molecule has 0 aliphatic carbocycles. The Balaban J connectivity index is 1.92. The zero-order valence-corrected chi connectivity index (χ0v) is 10.5.